The summed E-state index contributed by atoms with van der Waals surface area (Å²) in [6, 6.07) is 15.8. The van der Waals surface area contributed by atoms with Crippen LogP contribution >= 0.6 is 0 Å². The molecule has 0 spiro atoms. The van der Waals surface area contributed by atoms with Crippen molar-refractivity contribution in [3.63, 3.8) is 0 Å². The average molecular weight is 297 g/mol. The molecule has 0 saturated heterocycles. The number of hydrogen-bond donors (Lipinski definition) is 1. The largest absolute Gasteiger partial charge is 0.481 e. The van der Waals surface area contributed by atoms with Crippen molar-refractivity contribution in [3.05, 3.63) is 65.2 Å². The molecule has 0 aliphatic rings. The molecular formula is C19H23NO2. The molecule has 1 N–H and O–H groups in total. The van der Waals surface area contributed by atoms with E-state index in [1.54, 1.807) is 6.92 Å². The lowest BCUT2D eigenvalue weighted by molar-refractivity contribution is -0.127. The van der Waals surface area contributed by atoms with Gasteiger partial charge < -0.3 is 10.1 Å². The number of carbonyl (C=O) groups excluding carboxylic acids is 1. The summed E-state index contributed by atoms with van der Waals surface area (Å²) in [5.74, 6) is 0.646. The van der Waals surface area contributed by atoms with Crippen molar-refractivity contribution in [2.75, 3.05) is 0 Å². The van der Waals surface area contributed by atoms with Gasteiger partial charge in [0.15, 0.2) is 6.10 Å². The topological polar surface area (TPSA) is 38.3 Å². The summed E-state index contributed by atoms with van der Waals surface area (Å²) in [6.07, 6.45) is -0.535. The van der Waals surface area contributed by atoms with Crippen LogP contribution in [0.1, 0.15) is 36.6 Å². The summed E-state index contributed by atoms with van der Waals surface area (Å²) >= 11 is 0. The standard InChI is InChI=1S/C19H23NO2/c1-13-10-11-14(2)18(12-13)22-16(4)19(21)20-15(3)17-8-6-5-7-9-17/h5-12,15-16H,1-4H3,(H,20,21)/t15-,16+/m1/s1. The number of benzene rings is 2. The summed E-state index contributed by atoms with van der Waals surface area (Å²) in [5, 5.41) is 2.99. The zero-order valence-corrected chi connectivity index (χ0v) is 13.6. The molecule has 0 fully saturated rings. The molecule has 2 aromatic carbocycles. The van der Waals surface area contributed by atoms with Crippen LogP contribution in [-0.2, 0) is 4.79 Å². The first-order chi connectivity index (χ1) is 10.5. The van der Waals surface area contributed by atoms with E-state index in [0.717, 1.165) is 22.4 Å². The molecule has 0 unspecified atom stereocenters. The van der Waals surface area contributed by atoms with Gasteiger partial charge in [-0.2, -0.15) is 0 Å². The zero-order valence-electron chi connectivity index (χ0n) is 13.6. The minimum Gasteiger partial charge on any atom is -0.481 e. The molecule has 0 saturated carbocycles. The van der Waals surface area contributed by atoms with Gasteiger partial charge in [0.2, 0.25) is 0 Å². The molecule has 0 radical (unpaired) electrons. The number of aryl methyl sites for hydroxylation is 2. The molecule has 0 aliphatic heterocycles. The van der Waals surface area contributed by atoms with Crippen LogP contribution < -0.4 is 10.1 Å². The quantitative estimate of drug-likeness (QED) is 0.907. The van der Waals surface area contributed by atoms with Gasteiger partial charge in [-0.15, -0.1) is 0 Å². The van der Waals surface area contributed by atoms with Crippen molar-refractivity contribution in [2.24, 2.45) is 0 Å². The summed E-state index contributed by atoms with van der Waals surface area (Å²) in [7, 11) is 0. The van der Waals surface area contributed by atoms with Crippen LogP contribution in [-0.4, -0.2) is 12.0 Å². The summed E-state index contributed by atoms with van der Waals surface area (Å²) in [6.45, 7) is 7.73. The Kier molecular flexibility index (Phi) is 5.21. The number of rotatable bonds is 5. The van der Waals surface area contributed by atoms with Gasteiger partial charge in [0.05, 0.1) is 6.04 Å². The highest BCUT2D eigenvalue weighted by molar-refractivity contribution is 5.81. The fraction of sp³-hybridized carbons (Fsp3) is 0.316. The maximum atomic E-state index is 12.3. The molecule has 116 valence electrons. The highest BCUT2D eigenvalue weighted by Gasteiger charge is 2.18. The summed E-state index contributed by atoms with van der Waals surface area (Å²) in [5.41, 5.74) is 3.22. The Morgan fingerprint density at radius 3 is 2.41 bits per heavy atom. The molecule has 1 amide bonds. The van der Waals surface area contributed by atoms with Crippen molar-refractivity contribution < 1.29 is 9.53 Å². The van der Waals surface area contributed by atoms with E-state index in [1.165, 1.54) is 0 Å². The summed E-state index contributed by atoms with van der Waals surface area (Å²) in [4.78, 5) is 12.3. The Hall–Kier alpha value is -2.29. The lowest BCUT2D eigenvalue weighted by atomic mass is 10.1. The van der Waals surface area contributed by atoms with Crippen LogP contribution in [0.3, 0.4) is 0 Å². The molecular weight excluding hydrogens is 274 g/mol. The van der Waals surface area contributed by atoms with Gasteiger partial charge >= 0.3 is 0 Å². The zero-order chi connectivity index (χ0) is 16.1. The SMILES string of the molecule is Cc1ccc(C)c(O[C@@H](C)C(=O)N[C@H](C)c2ccccc2)c1. The van der Waals surface area contributed by atoms with Crippen LogP contribution in [0.4, 0.5) is 0 Å². The van der Waals surface area contributed by atoms with Crippen LogP contribution in [0, 0.1) is 13.8 Å². The molecule has 0 bridgehead atoms. The van der Waals surface area contributed by atoms with Crippen LogP contribution in [0.15, 0.2) is 48.5 Å². The first-order valence-corrected chi connectivity index (χ1v) is 7.56. The van der Waals surface area contributed by atoms with Gasteiger partial charge in [0, 0.05) is 0 Å². The number of nitrogens with one attached hydrogen (secondary N) is 1. The van der Waals surface area contributed by atoms with E-state index in [-0.39, 0.29) is 11.9 Å². The monoisotopic (exact) mass is 297 g/mol. The summed E-state index contributed by atoms with van der Waals surface area (Å²) < 4.78 is 5.81. The molecule has 3 heteroatoms. The predicted octanol–water partition coefficient (Wildman–Crippen LogP) is 3.95. The van der Waals surface area contributed by atoms with Crippen molar-refractivity contribution in [1.82, 2.24) is 5.32 Å². The highest BCUT2D eigenvalue weighted by atomic mass is 16.5. The third-order valence-electron chi connectivity index (χ3n) is 3.67. The number of ether oxygens (including phenoxy) is 1. The van der Waals surface area contributed by atoms with Crippen molar-refractivity contribution in [3.8, 4) is 5.75 Å². The third kappa shape index (κ3) is 4.10. The predicted molar refractivity (Wildman–Crippen MR) is 89.0 cm³/mol. The molecule has 2 atom stereocenters. The van der Waals surface area contributed by atoms with E-state index in [9.17, 15) is 4.79 Å². The van der Waals surface area contributed by atoms with Crippen LogP contribution in [0.2, 0.25) is 0 Å². The lowest BCUT2D eigenvalue weighted by Gasteiger charge is -2.20. The third-order valence-corrected chi connectivity index (χ3v) is 3.67. The average Bonchev–Trinajstić information content (AvgIpc) is 2.51. The molecule has 0 aliphatic carbocycles. The maximum absolute atomic E-state index is 12.3. The molecule has 3 nitrogen and oxygen atoms in total. The minimum atomic E-state index is -0.535. The van der Waals surface area contributed by atoms with Crippen LogP contribution in [0.5, 0.6) is 5.75 Å². The molecule has 2 rings (SSSR count). The van der Waals surface area contributed by atoms with Crippen molar-refractivity contribution >= 4 is 5.91 Å². The van der Waals surface area contributed by atoms with Gasteiger partial charge in [-0.25, -0.2) is 0 Å². The van der Waals surface area contributed by atoms with Gasteiger partial charge in [0.1, 0.15) is 5.75 Å². The second kappa shape index (κ2) is 7.12. The number of amides is 1. The maximum Gasteiger partial charge on any atom is 0.261 e. The van der Waals surface area contributed by atoms with Gasteiger partial charge in [0.25, 0.3) is 5.91 Å². The fourth-order valence-corrected chi connectivity index (χ4v) is 2.23. The molecule has 0 aromatic heterocycles. The second-order valence-electron chi connectivity index (χ2n) is 5.67. The van der Waals surface area contributed by atoms with Crippen molar-refractivity contribution in [1.29, 1.82) is 0 Å². The molecule has 0 heterocycles. The first kappa shape index (κ1) is 16.1. The first-order valence-electron chi connectivity index (χ1n) is 7.56. The Bertz CT molecular complexity index is 637. The number of carbonyl (C=O) groups is 1. The van der Waals surface area contributed by atoms with E-state index in [0.29, 0.717) is 0 Å². The van der Waals surface area contributed by atoms with Crippen molar-refractivity contribution in [2.45, 2.75) is 39.8 Å². The Morgan fingerprint density at radius 1 is 1.05 bits per heavy atom. The van der Waals surface area contributed by atoms with E-state index < -0.39 is 6.10 Å². The highest BCUT2D eigenvalue weighted by Crippen LogP contribution is 2.21. The van der Waals surface area contributed by atoms with Gasteiger partial charge in [-0.1, -0.05) is 42.5 Å². The van der Waals surface area contributed by atoms with E-state index >= 15 is 0 Å². The smallest absolute Gasteiger partial charge is 0.261 e. The van der Waals surface area contributed by atoms with E-state index in [2.05, 4.69) is 5.32 Å². The lowest BCUT2D eigenvalue weighted by Crippen LogP contribution is -2.37. The fourth-order valence-electron chi connectivity index (χ4n) is 2.23. The Balaban J connectivity index is 1.99. The Labute approximate surface area is 132 Å². The number of hydrogen-bond acceptors (Lipinski definition) is 2. The van der Waals surface area contributed by atoms with E-state index in [1.807, 2.05) is 69.3 Å². The Morgan fingerprint density at radius 2 is 1.73 bits per heavy atom. The van der Waals surface area contributed by atoms with Crippen LogP contribution in [0.25, 0.3) is 0 Å². The van der Waals surface area contributed by atoms with Gasteiger partial charge in [-0.3, -0.25) is 4.79 Å². The minimum absolute atomic E-state index is 0.0432. The van der Waals surface area contributed by atoms with Gasteiger partial charge in [-0.05, 0) is 50.5 Å². The molecule has 22 heavy (non-hydrogen) atoms. The van der Waals surface area contributed by atoms with E-state index in [4.69, 9.17) is 4.74 Å². The normalized spacial score (nSPS) is 13.3. The molecule has 2 aromatic rings. The second-order valence-corrected chi connectivity index (χ2v) is 5.67.